The van der Waals surface area contributed by atoms with Gasteiger partial charge in [-0.3, -0.25) is 24.1 Å². The van der Waals surface area contributed by atoms with Crippen LogP contribution in [-0.2, 0) is 4.74 Å². The number of para-hydroxylation sites is 1. The first-order chi connectivity index (χ1) is 15.5. The van der Waals surface area contributed by atoms with Gasteiger partial charge in [-0.25, -0.2) is 0 Å². The SMILES string of the molecule is COCCCN1C(=O)c2ccc(C(=O)NCCNC(=O)c3ccccc3OC)cc2C1=O. The smallest absolute Gasteiger partial charge is 0.261 e. The summed E-state index contributed by atoms with van der Waals surface area (Å²) in [7, 11) is 3.04. The molecule has 2 N–H and O–H groups in total. The molecule has 0 radical (unpaired) electrons. The standard InChI is InChI=1S/C23H25N3O6/c1-31-13-5-12-26-22(29)16-9-8-15(14-18(16)23(26)30)20(27)24-10-11-25-21(28)17-6-3-4-7-19(17)32-2/h3-4,6-9,14H,5,10-13H2,1-2H3,(H,24,27)(H,25,28). The number of nitrogens with zero attached hydrogens (tertiary/aromatic N) is 1. The molecule has 2 aromatic carbocycles. The molecule has 1 heterocycles. The molecule has 0 atom stereocenters. The summed E-state index contributed by atoms with van der Waals surface area (Å²) in [5.74, 6) is -1.04. The highest BCUT2D eigenvalue weighted by molar-refractivity contribution is 6.22. The van der Waals surface area contributed by atoms with E-state index in [2.05, 4.69) is 10.6 Å². The first kappa shape index (κ1) is 23.0. The van der Waals surface area contributed by atoms with Gasteiger partial charge in [0.05, 0.1) is 23.8 Å². The van der Waals surface area contributed by atoms with E-state index in [1.165, 1.54) is 30.2 Å². The van der Waals surface area contributed by atoms with Crippen molar-refractivity contribution in [2.75, 3.05) is 40.5 Å². The van der Waals surface area contributed by atoms with E-state index < -0.39 is 11.8 Å². The van der Waals surface area contributed by atoms with E-state index in [0.717, 1.165) is 0 Å². The van der Waals surface area contributed by atoms with Crippen LogP contribution in [0.4, 0.5) is 0 Å². The largest absolute Gasteiger partial charge is 0.496 e. The highest BCUT2D eigenvalue weighted by Crippen LogP contribution is 2.24. The van der Waals surface area contributed by atoms with Gasteiger partial charge in [0.1, 0.15) is 5.75 Å². The summed E-state index contributed by atoms with van der Waals surface area (Å²) in [6.45, 7) is 1.09. The molecule has 1 aliphatic heterocycles. The normalized spacial score (nSPS) is 12.5. The van der Waals surface area contributed by atoms with Gasteiger partial charge in [0.2, 0.25) is 0 Å². The van der Waals surface area contributed by atoms with Gasteiger partial charge in [-0.15, -0.1) is 0 Å². The average molecular weight is 439 g/mol. The van der Waals surface area contributed by atoms with E-state index in [-0.39, 0.29) is 48.1 Å². The Hall–Kier alpha value is -3.72. The monoisotopic (exact) mass is 439 g/mol. The van der Waals surface area contributed by atoms with E-state index in [0.29, 0.717) is 24.3 Å². The lowest BCUT2D eigenvalue weighted by Gasteiger charge is -2.12. The Labute approximate surface area is 185 Å². The van der Waals surface area contributed by atoms with Gasteiger partial charge in [0, 0.05) is 38.9 Å². The quantitative estimate of drug-likeness (QED) is 0.428. The number of methoxy groups -OCH3 is 2. The van der Waals surface area contributed by atoms with Gasteiger partial charge in [-0.1, -0.05) is 12.1 Å². The second-order valence-corrected chi connectivity index (χ2v) is 7.08. The summed E-state index contributed by atoms with van der Waals surface area (Å²) in [5, 5.41) is 5.41. The summed E-state index contributed by atoms with van der Waals surface area (Å²) < 4.78 is 10.1. The summed E-state index contributed by atoms with van der Waals surface area (Å²) in [5.41, 5.74) is 1.16. The molecule has 2 aromatic rings. The molecular weight excluding hydrogens is 414 g/mol. The number of hydrogen-bond acceptors (Lipinski definition) is 6. The molecular formula is C23H25N3O6. The molecule has 0 unspecified atom stereocenters. The Balaban J connectivity index is 1.54. The maximum atomic E-state index is 12.6. The van der Waals surface area contributed by atoms with Gasteiger partial charge in [-0.2, -0.15) is 0 Å². The minimum absolute atomic E-state index is 0.187. The fraction of sp³-hybridized carbons (Fsp3) is 0.304. The Morgan fingerprint density at radius 1 is 0.906 bits per heavy atom. The molecule has 0 fully saturated rings. The van der Waals surface area contributed by atoms with Crippen LogP contribution in [0.5, 0.6) is 5.75 Å². The number of ether oxygens (including phenoxy) is 2. The summed E-state index contributed by atoms with van der Waals surface area (Å²) in [4.78, 5) is 50.9. The molecule has 168 valence electrons. The number of carbonyl (C=O) groups is 4. The van der Waals surface area contributed by atoms with Crippen molar-refractivity contribution in [3.05, 3.63) is 64.7 Å². The fourth-order valence-electron chi connectivity index (χ4n) is 3.38. The predicted molar refractivity (Wildman–Crippen MR) is 116 cm³/mol. The van der Waals surface area contributed by atoms with Gasteiger partial charge in [0.15, 0.2) is 0 Å². The molecule has 3 rings (SSSR count). The lowest BCUT2D eigenvalue weighted by molar-refractivity contribution is 0.0638. The molecule has 0 saturated carbocycles. The van der Waals surface area contributed by atoms with Crippen molar-refractivity contribution in [1.29, 1.82) is 0 Å². The van der Waals surface area contributed by atoms with Gasteiger partial charge in [-0.05, 0) is 36.8 Å². The third-order valence-electron chi connectivity index (χ3n) is 5.01. The highest BCUT2D eigenvalue weighted by Gasteiger charge is 2.35. The van der Waals surface area contributed by atoms with Crippen LogP contribution in [0.25, 0.3) is 0 Å². The molecule has 4 amide bonds. The van der Waals surface area contributed by atoms with Crippen LogP contribution in [0, 0.1) is 0 Å². The number of carbonyl (C=O) groups excluding carboxylic acids is 4. The molecule has 1 aliphatic rings. The van der Waals surface area contributed by atoms with E-state index in [1.54, 1.807) is 31.4 Å². The first-order valence-electron chi connectivity index (χ1n) is 10.2. The highest BCUT2D eigenvalue weighted by atomic mass is 16.5. The van der Waals surface area contributed by atoms with E-state index >= 15 is 0 Å². The van der Waals surface area contributed by atoms with Crippen molar-refractivity contribution < 1.29 is 28.7 Å². The number of rotatable bonds is 10. The molecule has 0 aliphatic carbocycles. The van der Waals surface area contributed by atoms with Crippen LogP contribution in [0.1, 0.15) is 47.9 Å². The summed E-state index contributed by atoms with van der Waals surface area (Å²) >= 11 is 0. The molecule has 9 heteroatoms. The van der Waals surface area contributed by atoms with Gasteiger partial charge < -0.3 is 20.1 Å². The number of hydrogen-bond donors (Lipinski definition) is 2. The average Bonchev–Trinajstić information content (AvgIpc) is 3.05. The maximum absolute atomic E-state index is 12.6. The third kappa shape index (κ3) is 4.94. The van der Waals surface area contributed by atoms with Gasteiger partial charge in [0.25, 0.3) is 23.6 Å². The number of fused-ring (bicyclic) bond motifs is 1. The first-order valence-corrected chi connectivity index (χ1v) is 10.2. The molecule has 32 heavy (non-hydrogen) atoms. The summed E-state index contributed by atoms with van der Waals surface area (Å²) in [6, 6.07) is 11.3. The Bertz CT molecular complexity index is 1040. The van der Waals surface area contributed by atoms with Crippen molar-refractivity contribution in [3.63, 3.8) is 0 Å². The van der Waals surface area contributed by atoms with Crippen LogP contribution >= 0.6 is 0 Å². The Morgan fingerprint density at radius 3 is 2.31 bits per heavy atom. The topological polar surface area (TPSA) is 114 Å². The fourth-order valence-corrected chi connectivity index (χ4v) is 3.38. The van der Waals surface area contributed by atoms with Crippen LogP contribution in [-0.4, -0.2) is 69.0 Å². The second-order valence-electron chi connectivity index (χ2n) is 7.08. The Morgan fingerprint density at radius 2 is 1.59 bits per heavy atom. The molecule has 0 saturated heterocycles. The molecule has 0 bridgehead atoms. The zero-order chi connectivity index (χ0) is 23.1. The third-order valence-corrected chi connectivity index (χ3v) is 5.01. The minimum Gasteiger partial charge on any atom is -0.496 e. The zero-order valence-electron chi connectivity index (χ0n) is 18.0. The van der Waals surface area contributed by atoms with Crippen molar-refractivity contribution in [2.45, 2.75) is 6.42 Å². The van der Waals surface area contributed by atoms with Crippen LogP contribution in [0.15, 0.2) is 42.5 Å². The maximum Gasteiger partial charge on any atom is 0.261 e. The van der Waals surface area contributed by atoms with Crippen molar-refractivity contribution >= 4 is 23.6 Å². The number of benzene rings is 2. The van der Waals surface area contributed by atoms with E-state index in [9.17, 15) is 19.2 Å². The lowest BCUT2D eigenvalue weighted by atomic mass is 10.1. The van der Waals surface area contributed by atoms with Crippen LogP contribution in [0.3, 0.4) is 0 Å². The number of imide groups is 1. The molecule has 9 nitrogen and oxygen atoms in total. The number of amides is 4. The predicted octanol–water partition coefficient (Wildman–Crippen LogP) is 1.49. The number of nitrogens with one attached hydrogen (secondary N) is 2. The lowest BCUT2D eigenvalue weighted by Crippen LogP contribution is -2.34. The van der Waals surface area contributed by atoms with E-state index in [4.69, 9.17) is 9.47 Å². The Kier molecular flexibility index (Phi) is 7.56. The van der Waals surface area contributed by atoms with Gasteiger partial charge >= 0.3 is 0 Å². The van der Waals surface area contributed by atoms with Crippen molar-refractivity contribution in [2.24, 2.45) is 0 Å². The zero-order valence-corrected chi connectivity index (χ0v) is 18.0. The van der Waals surface area contributed by atoms with Crippen molar-refractivity contribution in [1.82, 2.24) is 15.5 Å². The van der Waals surface area contributed by atoms with Crippen molar-refractivity contribution in [3.8, 4) is 5.75 Å². The second kappa shape index (κ2) is 10.5. The summed E-state index contributed by atoms with van der Waals surface area (Å²) in [6.07, 6.45) is 0.538. The minimum atomic E-state index is -0.417. The van der Waals surface area contributed by atoms with Crippen LogP contribution < -0.4 is 15.4 Å². The molecule has 0 aromatic heterocycles. The van der Waals surface area contributed by atoms with Crippen LogP contribution in [0.2, 0.25) is 0 Å². The molecule has 0 spiro atoms. The van der Waals surface area contributed by atoms with E-state index in [1.807, 2.05) is 0 Å².